The van der Waals surface area contributed by atoms with Gasteiger partial charge in [-0.2, -0.15) is 4.99 Å². The fourth-order valence-corrected chi connectivity index (χ4v) is 4.01. The summed E-state index contributed by atoms with van der Waals surface area (Å²) in [5, 5.41) is 11.1. The zero-order valence-corrected chi connectivity index (χ0v) is 17.1. The molecule has 1 aromatic heterocycles. The van der Waals surface area contributed by atoms with Gasteiger partial charge < -0.3 is 9.30 Å². The molecular formula is C21H17N3O5S. The number of nitro benzene ring substituents is 1. The fraction of sp³-hybridized carbons (Fsp3) is 0.190. The maximum atomic E-state index is 12.8. The Morgan fingerprint density at radius 2 is 2.10 bits per heavy atom. The molecule has 30 heavy (non-hydrogen) atoms. The van der Waals surface area contributed by atoms with Crippen molar-refractivity contribution in [3.63, 3.8) is 0 Å². The van der Waals surface area contributed by atoms with Gasteiger partial charge in [0.25, 0.3) is 11.6 Å². The van der Waals surface area contributed by atoms with E-state index in [2.05, 4.69) is 10.9 Å². The van der Waals surface area contributed by atoms with E-state index in [1.165, 1.54) is 36.5 Å². The van der Waals surface area contributed by atoms with Crippen LogP contribution >= 0.6 is 11.3 Å². The number of ether oxygens (including phenoxy) is 1. The lowest BCUT2D eigenvalue weighted by Gasteiger charge is -2.03. The van der Waals surface area contributed by atoms with Crippen LogP contribution in [0.5, 0.6) is 0 Å². The zero-order valence-electron chi connectivity index (χ0n) is 16.2. The molecule has 0 aliphatic rings. The van der Waals surface area contributed by atoms with E-state index in [0.29, 0.717) is 20.6 Å². The summed E-state index contributed by atoms with van der Waals surface area (Å²) in [5.41, 5.74) is 1.33. The van der Waals surface area contributed by atoms with Gasteiger partial charge >= 0.3 is 5.97 Å². The van der Waals surface area contributed by atoms with Crippen molar-refractivity contribution in [2.75, 3.05) is 6.61 Å². The highest BCUT2D eigenvalue weighted by molar-refractivity contribution is 7.16. The molecule has 0 fully saturated rings. The number of carbonyl (C=O) groups excluding carboxylic acids is 2. The van der Waals surface area contributed by atoms with Gasteiger partial charge in [-0.3, -0.25) is 14.9 Å². The number of carbonyl (C=O) groups is 2. The van der Waals surface area contributed by atoms with Gasteiger partial charge in [0.2, 0.25) is 0 Å². The number of amides is 1. The average molecular weight is 423 g/mol. The molecule has 152 valence electrons. The van der Waals surface area contributed by atoms with E-state index < -0.39 is 16.8 Å². The molecule has 0 N–H and O–H groups in total. The lowest BCUT2D eigenvalue weighted by Crippen LogP contribution is -2.17. The molecule has 0 spiro atoms. The number of hydrogen-bond acceptors (Lipinski definition) is 6. The lowest BCUT2D eigenvalue weighted by molar-refractivity contribution is -0.385. The van der Waals surface area contributed by atoms with Crippen LogP contribution in [0.25, 0.3) is 10.2 Å². The number of nitrogens with zero attached hydrogens (tertiary/aromatic N) is 3. The van der Waals surface area contributed by atoms with Crippen LogP contribution in [0.1, 0.15) is 33.2 Å². The second-order valence-electron chi connectivity index (χ2n) is 6.20. The smallest absolute Gasteiger partial charge is 0.338 e. The van der Waals surface area contributed by atoms with Crippen LogP contribution in [-0.4, -0.2) is 28.0 Å². The Labute approximate surface area is 175 Å². The number of aromatic nitrogens is 1. The highest BCUT2D eigenvalue weighted by Gasteiger charge is 2.18. The molecule has 0 saturated heterocycles. The van der Waals surface area contributed by atoms with Crippen molar-refractivity contribution in [1.29, 1.82) is 0 Å². The summed E-state index contributed by atoms with van der Waals surface area (Å²) in [6.45, 7) is 3.66. The standard InChI is InChI=1S/C21H17N3O5S/c1-4-11-23-17-10-9-14(20(26)29-5-2)12-18(17)30-21(23)22-19(25)15-7-6-8-16(13(15)3)24(27)28/h1,6-10,12H,5,11H2,2-3H3. The number of esters is 1. The van der Waals surface area contributed by atoms with Crippen LogP contribution < -0.4 is 4.80 Å². The van der Waals surface area contributed by atoms with Gasteiger partial charge in [0.15, 0.2) is 4.80 Å². The van der Waals surface area contributed by atoms with E-state index in [9.17, 15) is 19.7 Å². The first-order valence-corrected chi connectivity index (χ1v) is 9.76. The summed E-state index contributed by atoms with van der Waals surface area (Å²) in [6.07, 6.45) is 5.47. The number of thiazole rings is 1. The number of nitro groups is 1. The van der Waals surface area contributed by atoms with Gasteiger partial charge in [0.1, 0.15) is 0 Å². The Morgan fingerprint density at radius 1 is 1.33 bits per heavy atom. The molecule has 8 nitrogen and oxygen atoms in total. The van der Waals surface area contributed by atoms with Crippen molar-refractivity contribution >= 4 is 39.1 Å². The Kier molecular flexibility index (Phi) is 6.09. The number of fused-ring (bicyclic) bond motifs is 1. The Hall–Kier alpha value is -3.77. The highest BCUT2D eigenvalue weighted by atomic mass is 32.1. The Balaban J connectivity index is 2.14. The third-order valence-corrected chi connectivity index (χ3v) is 5.41. The molecule has 2 aromatic carbocycles. The third-order valence-electron chi connectivity index (χ3n) is 4.37. The molecule has 1 heterocycles. The van der Waals surface area contributed by atoms with Crippen LogP contribution in [0.4, 0.5) is 5.69 Å². The van der Waals surface area contributed by atoms with Crippen molar-refractivity contribution in [1.82, 2.24) is 4.57 Å². The second kappa shape index (κ2) is 8.71. The van der Waals surface area contributed by atoms with E-state index in [1.54, 1.807) is 29.7 Å². The van der Waals surface area contributed by atoms with Crippen molar-refractivity contribution in [3.05, 3.63) is 68.0 Å². The first-order chi connectivity index (χ1) is 14.4. The van der Waals surface area contributed by atoms with Crippen LogP contribution in [-0.2, 0) is 11.3 Å². The summed E-state index contributed by atoms with van der Waals surface area (Å²) in [5.74, 6) is 1.47. The molecule has 0 unspecified atom stereocenters. The maximum absolute atomic E-state index is 12.8. The van der Waals surface area contributed by atoms with E-state index in [0.717, 1.165) is 0 Å². The molecule has 9 heteroatoms. The van der Waals surface area contributed by atoms with Gasteiger partial charge in [-0.25, -0.2) is 4.79 Å². The number of benzene rings is 2. The van der Waals surface area contributed by atoms with Gasteiger partial charge in [-0.05, 0) is 38.1 Å². The van der Waals surface area contributed by atoms with E-state index >= 15 is 0 Å². The van der Waals surface area contributed by atoms with Crippen molar-refractivity contribution in [2.45, 2.75) is 20.4 Å². The van der Waals surface area contributed by atoms with Crippen LogP contribution in [0.2, 0.25) is 0 Å². The SMILES string of the molecule is C#CCn1c(=NC(=O)c2cccc([N+](=O)[O-])c2C)sc2cc(C(=O)OCC)ccc21. The zero-order chi connectivity index (χ0) is 21.8. The van der Waals surface area contributed by atoms with Gasteiger partial charge in [-0.15, -0.1) is 6.42 Å². The first kappa shape index (κ1) is 21.0. The largest absolute Gasteiger partial charge is 0.462 e. The van der Waals surface area contributed by atoms with Crippen LogP contribution in [0.15, 0.2) is 41.4 Å². The predicted molar refractivity (Wildman–Crippen MR) is 112 cm³/mol. The molecule has 3 aromatic rings. The summed E-state index contributed by atoms with van der Waals surface area (Å²) in [4.78, 5) is 39.9. The summed E-state index contributed by atoms with van der Waals surface area (Å²) < 4.78 is 7.41. The van der Waals surface area contributed by atoms with E-state index in [-0.39, 0.29) is 30.0 Å². The summed E-state index contributed by atoms with van der Waals surface area (Å²) in [7, 11) is 0. The monoisotopic (exact) mass is 423 g/mol. The number of rotatable bonds is 5. The normalized spacial score (nSPS) is 11.3. The molecule has 0 bridgehead atoms. The minimum absolute atomic E-state index is 0.140. The summed E-state index contributed by atoms with van der Waals surface area (Å²) >= 11 is 1.19. The Morgan fingerprint density at radius 3 is 2.77 bits per heavy atom. The predicted octanol–water partition coefficient (Wildman–Crippen LogP) is 3.47. The summed E-state index contributed by atoms with van der Waals surface area (Å²) in [6, 6.07) is 9.27. The molecule has 0 aliphatic carbocycles. The van der Waals surface area contributed by atoms with Gasteiger partial charge in [0.05, 0.1) is 39.4 Å². The van der Waals surface area contributed by atoms with E-state index in [4.69, 9.17) is 11.2 Å². The van der Waals surface area contributed by atoms with Crippen molar-refractivity contribution < 1.29 is 19.2 Å². The number of hydrogen-bond donors (Lipinski definition) is 0. The highest BCUT2D eigenvalue weighted by Crippen LogP contribution is 2.23. The molecule has 0 saturated carbocycles. The third kappa shape index (κ3) is 3.99. The fourth-order valence-electron chi connectivity index (χ4n) is 2.94. The Bertz CT molecular complexity index is 1280. The van der Waals surface area contributed by atoms with Gasteiger partial charge in [0, 0.05) is 11.6 Å². The maximum Gasteiger partial charge on any atom is 0.338 e. The lowest BCUT2D eigenvalue weighted by atomic mass is 10.1. The topological polar surface area (TPSA) is 104 Å². The molecule has 0 radical (unpaired) electrons. The molecule has 1 amide bonds. The molecule has 0 atom stereocenters. The first-order valence-electron chi connectivity index (χ1n) is 8.94. The van der Waals surface area contributed by atoms with Crippen molar-refractivity contribution in [3.8, 4) is 12.3 Å². The molecular weight excluding hydrogens is 406 g/mol. The van der Waals surface area contributed by atoms with Crippen LogP contribution in [0.3, 0.4) is 0 Å². The van der Waals surface area contributed by atoms with E-state index in [1.807, 2.05) is 0 Å². The number of terminal acetylenes is 1. The van der Waals surface area contributed by atoms with Crippen molar-refractivity contribution in [2.24, 2.45) is 4.99 Å². The second-order valence-corrected chi connectivity index (χ2v) is 7.21. The van der Waals surface area contributed by atoms with Gasteiger partial charge in [-0.1, -0.05) is 23.3 Å². The quantitative estimate of drug-likeness (QED) is 0.270. The molecule has 3 rings (SSSR count). The van der Waals surface area contributed by atoms with Crippen LogP contribution in [0, 0.1) is 29.4 Å². The average Bonchev–Trinajstić information content (AvgIpc) is 3.04. The minimum atomic E-state index is -0.612. The minimum Gasteiger partial charge on any atom is -0.462 e. The molecule has 0 aliphatic heterocycles.